The van der Waals surface area contributed by atoms with Gasteiger partial charge in [0.25, 0.3) is 0 Å². The first-order valence-corrected chi connectivity index (χ1v) is 5.76. The minimum absolute atomic E-state index is 0.378. The first-order valence-electron chi connectivity index (χ1n) is 5.76. The van der Waals surface area contributed by atoms with E-state index < -0.39 is 0 Å². The van der Waals surface area contributed by atoms with Gasteiger partial charge in [-0.15, -0.1) is 0 Å². The lowest BCUT2D eigenvalue weighted by Gasteiger charge is -2.10. The summed E-state index contributed by atoms with van der Waals surface area (Å²) in [5.74, 6) is 1.14. The van der Waals surface area contributed by atoms with Crippen LogP contribution < -0.4 is 10.6 Å². The summed E-state index contributed by atoms with van der Waals surface area (Å²) in [5, 5.41) is 0. The molecule has 2 unspecified atom stereocenters. The number of nitrogens with zero attached hydrogens (tertiary/aromatic N) is 2. The third-order valence-electron chi connectivity index (χ3n) is 3.19. The van der Waals surface area contributed by atoms with E-state index in [1.807, 2.05) is 6.07 Å². The Balaban J connectivity index is 1.89. The van der Waals surface area contributed by atoms with Crippen molar-refractivity contribution in [2.45, 2.75) is 19.4 Å². The van der Waals surface area contributed by atoms with Crippen LogP contribution in [0.15, 0.2) is 35.3 Å². The highest BCUT2D eigenvalue weighted by Crippen LogP contribution is 2.31. The van der Waals surface area contributed by atoms with Gasteiger partial charge in [-0.2, -0.15) is 0 Å². The summed E-state index contributed by atoms with van der Waals surface area (Å²) in [5.41, 5.74) is 7.12. The molecule has 0 bridgehead atoms. The predicted octanol–water partition coefficient (Wildman–Crippen LogP) is 1.89. The lowest BCUT2D eigenvalue weighted by molar-refractivity contribution is 0.675. The fraction of sp³-hybridized carbons (Fsp3) is 0.462. The molecule has 1 aliphatic heterocycles. The van der Waals surface area contributed by atoms with Gasteiger partial charge in [0.1, 0.15) is 0 Å². The Bertz CT molecular complexity index is 372. The maximum absolute atomic E-state index is 5.81. The molecule has 2 N–H and O–H groups in total. The van der Waals surface area contributed by atoms with Crippen LogP contribution in [0.1, 0.15) is 13.3 Å². The second-order valence-corrected chi connectivity index (χ2v) is 4.43. The molecule has 3 heteroatoms. The number of rotatable bonds is 4. The normalized spacial score (nSPS) is 22.0. The summed E-state index contributed by atoms with van der Waals surface area (Å²) >= 11 is 0. The van der Waals surface area contributed by atoms with E-state index in [-0.39, 0.29) is 0 Å². The van der Waals surface area contributed by atoms with Crippen molar-refractivity contribution >= 4 is 11.5 Å². The maximum atomic E-state index is 5.81. The molecular formula is C13H19N3. The molecule has 0 aliphatic carbocycles. The highest BCUT2D eigenvalue weighted by molar-refractivity contribution is 5.82. The van der Waals surface area contributed by atoms with Crippen molar-refractivity contribution < 1.29 is 0 Å². The average molecular weight is 217 g/mol. The van der Waals surface area contributed by atoms with Crippen LogP contribution in [0.4, 0.5) is 5.69 Å². The number of nitrogens with two attached hydrogens (primary N) is 1. The SMILES string of the molecule is CN=C(N)C(C)CC1CN1c1ccccc1. The Morgan fingerprint density at radius 1 is 1.50 bits per heavy atom. The quantitative estimate of drug-likeness (QED) is 0.475. The molecule has 0 aromatic heterocycles. The van der Waals surface area contributed by atoms with Crippen molar-refractivity contribution in [1.82, 2.24) is 0 Å². The lowest BCUT2D eigenvalue weighted by Crippen LogP contribution is -2.23. The van der Waals surface area contributed by atoms with Crippen molar-refractivity contribution in [2.75, 3.05) is 18.5 Å². The zero-order valence-corrected chi connectivity index (χ0v) is 9.93. The van der Waals surface area contributed by atoms with Gasteiger partial charge in [0.15, 0.2) is 0 Å². The van der Waals surface area contributed by atoms with Crippen LogP contribution in [0, 0.1) is 5.92 Å². The minimum atomic E-state index is 0.378. The standard InChI is InChI=1S/C13H19N3/c1-10(13(14)15-2)8-12-9-16(12)11-6-4-3-5-7-11/h3-7,10,12H,8-9H2,1-2H3,(H2,14,15). The molecule has 86 valence electrons. The van der Waals surface area contributed by atoms with Crippen LogP contribution >= 0.6 is 0 Å². The second-order valence-electron chi connectivity index (χ2n) is 4.43. The van der Waals surface area contributed by atoms with E-state index in [9.17, 15) is 0 Å². The molecule has 1 heterocycles. The fourth-order valence-corrected chi connectivity index (χ4v) is 2.07. The zero-order chi connectivity index (χ0) is 11.5. The number of amidine groups is 1. The first kappa shape index (κ1) is 11.0. The molecule has 1 fully saturated rings. The van der Waals surface area contributed by atoms with E-state index in [1.54, 1.807) is 7.05 Å². The number of hydrogen-bond acceptors (Lipinski definition) is 2. The van der Waals surface area contributed by atoms with Gasteiger partial charge in [0, 0.05) is 31.2 Å². The Morgan fingerprint density at radius 2 is 2.19 bits per heavy atom. The number of aliphatic imine (C=N–C) groups is 1. The molecule has 1 aliphatic rings. The van der Waals surface area contributed by atoms with Gasteiger partial charge in [0.05, 0.1) is 5.84 Å². The Hall–Kier alpha value is -1.51. The van der Waals surface area contributed by atoms with Gasteiger partial charge < -0.3 is 10.6 Å². The predicted molar refractivity (Wildman–Crippen MR) is 68.9 cm³/mol. The highest BCUT2D eigenvalue weighted by Gasteiger charge is 2.35. The number of anilines is 1. The van der Waals surface area contributed by atoms with Crippen LogP contribution in [0.25, 0.3) is 0 Å². The van der Waals surface area contributed by atoms with Gasteiger partial charge in [-0.25, -0.2) is 0 Å². The van der Waals surface area contributed by atoms with Crippen LogP contribution in [0.3, 0.4) is 0 Å². The number of benzene rings is 1. The number of para-hydroxylation sites is 1. The molecule has 1 saturated heterocycles. The lowest BCUT2D eigenvalue weighted by atomic mass is 10.0. The molecule has 1 aromatic carbocycles. The smallest absolute Gasteiger partial charge is 0.0962 e. The summed E-state index contributed by atoms with van der Waals surface area (Å²) in [6.45, 7) is 3.29. The third-order valence-corrected chi connectivity index (χ3v) is 3.19. The van der Waals surface area contributed by atoms with Crippen LogP contribution in [-0.2, 0) is 0 Å². The Labute approximate surface area is 97.0 Å². The van der Waals surface area contributed by atoms with E-state index in [0.717, 1.165) is 18.8 Å². The molecule has 2 atom stereocenters. The maximum Gasteiger partial charge on any atom is 0.0962 e. The molecule has 2 rings (SSSR count). The van der Waals surface area contributed by atoms with Gasteiger partial charge >= 0.3 is 0 Å². The fourth-order valence-electron chi connectivity index (χ4n) is 2.07. The Morgan fingerprint density at radius 3 is 2.81 bits per heavy atom. The average Bonchev–Trinajstić information content (AvgIpc) is 3.08. The van der Waals surface area contributed by atoms with Crippen LogP contribution in [-0.4, -0.2) is 25.5 Å². The van der Waals surface area contributed by atoms with E-state index in [2.05, 4.69) is 41.1 Å². The first-order chi connectivity index (χ1) is 7.72. The molecular weight excluding hydrogens is 198 g/mol. The van der Waals surface area contributed by atoms with Gasteiger partial charge in [0.2, 0.25) is 0 Å². The van der Waals surface area contributed by atoms with Crippen molar-refractivity contribution in [3.63, 3.8) is 0 Å². The number of hydrogen-bond donors (Lipinski definition) is 1. The summed E-state index contributed by atoms with van der Waals surface area (Å²) in [6.07, 6.45) is 1.10. The largest absolute Gasteiger partial charge is 0.387 e. The van der Waals surface area contributed by atoms with E-state index in [4.69, 9.17) is 5.73 Å². The van der Waals surface area contributed by atoms with Crippen molar-refractivity contribution in [3.05, 3.63) is 30.3 Å². The van der Waals surface area contributed by atoms with Crippen molar-refractivity contribution in [2.24, 2.45) is 16.6 Å². The van der Waals surface area contributed by atoms with Crippen molar-refractivity contribution in [1.29, 1.82) is 0 Å². The third kappa shape index (κ3) is 2.35. The summed E-state index contributed by atoms with van der Waals surface area (Å²) in [4.78, 5) is 6.45. The molecule has 1 aromatic rings. The summed E-state index contributed by atoms with van der Waals surface area (Å²) < 4.78 is 0. The van der Waals surface area contributed by atoms with Crippen LogP contribution in [0.5, 0.6) is 0 Å². The van der Waals surface area contributed by atoms with Gasteiger partial charge in [-0.1, -0.05) is 25.1 Å². The topological polar surface area (TPSA) is 41.4 Å². The van der Waals surface area contributed by atoms with E-state index >= 15 is 0 Å². The zero-order valence-electron chi connectivity index (χ0n) is 9.93. The molecule has 0 saturated carbocycles. The Kier molecular flexibility index (Phi) is 3.13. The van der Waals surface area contributed by atoms with E-state index in [0.29, 0.717) is 12.0 Å². The monoisotopic (exact) mass is 217 g/mol. The van der Waals surface area contributed by atoms with Gasteiger partial charge in [-0.3, -0.25) is 4.99 Å². The van der Waals surface area contributed by atoms with E-state index in [1.165, 1.54) is 5.69 Å². The molecule has 16 heavy (non-hydrogen) atoms. The van der Waals surface area contributed by atoms with Gasteiger partial charge in [-0.05, 0) is 18.6 Å². The second kappa shape index (κ2) is 4.56. The molecule has 0 spiro atoms. The summed E-state index contributed by atoms with van der Waals surface area (Å²) in [7, 11) is 1.76. The molecule has 0 amide bonds. The van der Waals surface area contributed by atoms with Crippen LogP contribution in [0.2, 0.25) is 0 Å². The summed E-state index contributed by atoms with van der Waals surface area (Å²) in [6, 6.07) is 11.2. The molecule has 3 nitrogen and oxygen atoms in total. The molecule has 0 radical (unpaired) electrons. The highest BCUT2D eigenvalue weighted by atomic mass is 15.3. The van der Waals surface area contributed by atoms with Crippen molar-refractivity contribution in [3.8, 4) is 0 Å². The minimum Gasteiger partial charge on any atom is -0.387 e.